The van der Waals surface area contributed by atoms with Crippen LogP contribution >= 0.6 is 0 Å². The number of methoxy groups -OCH3 is 1. The first-order valence-electron chi connectivity index (χ1n) is 12.9. The Bertz CT molecular complexity index is 1920. The molecule has 0 atom stereocenters. The van der Waals surface area contributed by atoms with E-state index in [0.717, 1.165) is 11.1 Å². The number of likely N-dealkylation sites (tertiary alicyclic amines) is 1. The van der Waals surface area contributed by atoms with Gasteiger partial charge in [0.15, 0.2) is 17.2 Å². The first-order chi connectivity index (χ1) is 19.8. The van der Waals surface area contributed by atoms with Gasteiger partial charge in [-0.25, -0.2) is 28.1 Å². The van der Waals surface area contributed by atoms with E-state index in [1.807, 2.05) is 18.2 Å². The summed E-state index contributed by atoms with van der Waals surface area (Å²) in [4.78, 5) is 23.3. The Balaban J connectivity index is 1.25. The molecule has 6 aromatic rings. The van der Waals surface area contributed by atoms with Crippen molar-refractivity contribution in [2.45, 2.75) is 18.9 Å². The van der Waals surface area contributed by atoms with Crippen molar-refractivity contribution in [3.8, 4) is 39.7 Å². The fourth-order valence-electron chi connectivity index (χ4n) is 5.23. The zero-order valence-electron chi connectivity index (χ0n) is 21.8. The van der Waals surface area contributed by atoms with Crippen LogP contribution < -0.4 is 4.74 Å². The SMILES string of the molecule is COc1cc(F)cc(-c2ccnc3[nH]c(-c4n[nH]c5ccc(-c6cncc(CN7CCC(F)(F)C7)c6)nc45)nc23)c1. The number of alkyl halides is 2. The summed E-state index contributed by atoms with van der Waals surface area (Å²) in [6.07, 6.45) is 4.88. The van der Waals surface area contributed by atoms with Crippen LogP contribution in [0.2, 0.25) is 0 Å². The zero-order chi connectivity index (χ0) is 28.1. The molecule has 41 heavy (non-hydrogen) atoms. The van der Waals surface area contributed by atoms with Crippen molar-refractivity contribution in [2.24, 2.45) is 0 Å². The number of imidazole rings is 1. The van der Waals surface area contributed by atoms with Gasteiger partial charge >= 0.3 is 0 Å². The van der Waals surface area contributed by atoms with E-state index in [1.165, 1.54) is 19.2 Å². The lowest BCUT2D eigenvalue weighted by molar-refractivity contribution is 0.0115. The summed E-state index contributed by atoms with van der Waals surface area (Å²) in [5.41, 5.74) is 6.37. The van der Waals surface area contributed by atoms with Crippen LogP contribution in [0.4, 0.5) is 13.2 Å². The number of halogens is 3. The highest BCUT2D eigenvalue weighted by Gasteiger charge is 2.37. The molecule has 9 nitrogen and oxygen atoms in total. The number of rotatable bonds is 6. The highest BCUT2D eigenvalue weighted by molar-refractivity contribution is 5.95. The lowest BCUT2D eigenvalue weighted by Crippen LogP contribution is -2.24. The third kappa shape index (κ3) is 4.76. The Labute approximate surface area is 231 Å². The second-order valence-electron chi connectivity index (χ2n) is 10.1. The molecule has 0 spiro atoms. The fraction of sp³-hybridized carbons (Fsp3) is 0.207. The Morgan fingerprint density at radius 1 is 1.02 bits per heavy atom. The second kappa shape index (κ2) is 9.66. The maximum atomic E-state index is 14.3. The summed E-state index contributed by atoms with van der Waals surface area (Å²) in [6.45, 7) is 0.489. The molecule has 7 rings (SSSR count). The molecule has 0 saturated carbocycles. The van der Waals surface area contributed by atoms with Crippen molar-refractivity contribution < 1.29 is 17.9 Å². The van der Waals surface area contributed by atoms with Gasteiger partial charge in [-0.05, 0) is 47.5 Å². The van der Waals surface area contributed by atoms with Crippen LogP contribution in [0.25, 0.3) is 56.1 Å². The summed E-state index contributed by atoms with van der Waals surface area (Å²) < 4.78 is 46.8. The smallest absolute Gasteiger partial charge is 0.261 e. The van der Waals surface area contributed by atoms with Crippen molar-refractivity contribution in [1.82, 2.24) is 40.0 Å². The molecule has 206 valence electrons. The molecule has 0 aliphatic carbocycles. The van der Waals surface area contributed by atoms with E-state index >= 15 is 0 Å². The quantitative estimate of drug-likeness (QED) is 0.274. The number of nitrogens with one attached hydrogen (secondary N) is 2. The van der Waals surface area contributed by atoms with Crippen LogP contribution in [0.3, 0.4) is 0 Å². The number of aromatic amines is 2. The minimum absolute atomic E-state index is 0.128. The van der Waals surface area contributed by atoms with E-state index in [4.69, 9.17) is 14.7 Å². The van der Waals surface area contributed by atoms with E-state index in [2.05, 4.69) is 25.1 Å². The number of benzene rings is 1. The van der Waals surface area contributed by atoms with Gasteiger partial charge in [-0.3, -0.25) is 15.0 Å². The first-order valence-corrected chi connectivity index (χ1v) is 12.9. The van der Waals surface area contributed by atoms with E-state index < -0.39 is 11.7 Å². The van der Waals surface area contributed by atoms with Crippen LogP contribution in [0.15, 0.2) is 61.1 Å². The molecule has 1 aliphatic rings. The Hall–Kier alpha value is -4.84. The summed E-state index contributed by atoms with van der Waals surface area (Å²) in [6, 6.07) is 11.9. The van der Waals surface area contributed by atoms with Crippen molar-refractivity contribution in [2.75, 3.05) is 20.2 Å². The van der Waals surface area contributed by atoms with Crippen LogP contribution in [0, 0.1) is 5.82 Å². The predicted octanol–water partition coefficient (Wildman–Crippen LogP) is 5.61. The third-order valence-electron chi connectivity index (χ3n) is 7.18. The van der Waals surface area contributed by atoms with Gasteiger partial charge < -0.3 is 9.72 Å². The second-order valence-corrected chi connectivity index (χ2v) is 10.1. The molecule has 12 heteroatoms. The minimum atomic E-state index is -2.65. The van der Waals surface area contributed by atoms with E-state index in [0.29, 0.717) is 69.4 Å². The Kier molecular flexibility index (Phi) is 5.93. The Morgan fingerprint density at radius 3 is 2.76 bits per heavy atom. The number of H-pyrrole nitrogens is 2. The number of pyridine rings is 3. The monoisotopic (exact) mass is 556 g/mol. The van der Waals surface area contributed by atoms with Crippen molar-refractivity contribution in [3.05, 3.63) is 72.4 Å². The molecular formula is C29H23F3N8O. The van der Waals surface area contributed by atoms with Crippen molar-refractivity contribution in [3.63, 3.8) is 0 Å². The molecule has 6 heterocycles. The molecule has 1 aromatic carbocycles. The highest BCUT2D eigenvalue weighted by Crippen LogP contribution is 2.33. The molecule has 2 N–H and O–H groups in total. The van der Waals surface area contributed by atoms with Gasteiger partial charge in [0.2, 0.25) is 0 Å². The summed E-state index contributed by atoms with van der Waals surface area (Å²) in [5.74, 6) is -2.23. The predicted molar refractivity (Wildman–Crippen MR) is 147 cm³/mol. The van der Waals surface area contributed by atoms with Gasteiger partial charge in [0.1, 0.15) is 22.6 Å². The minimum Gasteiger partial charge on any atom is -0.497 e. The standard InChI is InChI=1S/C29H23F3N8O/c1-41-20-10-17(9-19(30)11-20)21-4-6-34-27-24(21)36-28(37-27)26-25-23(38-39-26)3-2-22(35-25)18-8-16(12-33-13-18)14-40-7-5-29(31,32)15-40/h2-4,6,8-13H,5,7,14-15H2,1H3,(H,38,39)(H,34,36,37). The lowest BCUT2D eigenvalue weighted by atomic mass is 10.1. The number of fused-ring (bicyclic) bond motifs is 2. The van der Waals surface area contributed by atoms with Crippen LogP contribution in [0.5, 0.6) is 5.75 Å². The maximum absolute atomic E-state index is 14.3. The van der Waals surface area contributed by atoms with E-state index in [1.54, 1.807) is 35.6 Å². The van der Waals surface area contributed by atoms with Gasteiger partial charge in [0.05, 0.1) is 24.9 Å². The normalized spacial score (nSPS) is 15.2. The van der Waals surface area contributed by atoms with Crippen molar-refractivity contribution >= 4 is 22.2 Å². The van der Waals surface area contributed by atoms with Crippen LogP contribution in [-0.4, -0.2) is 66.1 Å². The largest absolute Gasteiger partial charge is 0.497 e. The van der Waals surface area contributed by atoms with E-state index in [9.17, 15) is 13.2 Å². The molecular weight excluding hydrogens is 533 g/mol. The molecule has 0 radical (unpaired) electrons. The number of hydrogen-bond acceptors (Lipinski definition) is 7. The topological polar surface area (TPSA) is 108 Å². The van der Waals surface area contributed by atoms with E-state index in [-0.39, 0.29) is 13.0 Å². The van der Waals surface area contributed by atoms with Gasteiger partial charge in [-0.15, -0.1) is 0 Å². The van der Waals surface area contributed by atoms with Crippen LogP contribution in [-0.2, 0) is 6.54 Å². The third-order valence-corrected chi connectivity index (χ3v) is 7.18. The fourth-order valence-corrected chi connectivity index (χ4v) is 5.23. The summed E-state index contributed by atoms with van der Waals surface area (Å²) >= 11 is 0. The number of hydrogen-bond donors (Lipinski definition) is 2. The van der Waals surface area contributed by atoms with Crippen LogP contribution in [0.1, 0.15) is 12.0 Å². The molecule has 1 fully saturated rings. The van der Waals surface area contributed by atoms with Gasteiger partial charge in [-0.2, -0.15) is 5.10 Å². The average Bonchev–Trinajstić information content (AvgIpc) is 3.68. The number of ether oxygens (including phenoxy) is 1. The van der Waals surface area contributed by atoms with Gasteiger partial charge in [0, 0.05) is 55.3 Å². The summed E-state index contributed by atoms with van der Waals surface area (Å²) in [5, 5.41) is 7.45. The average molecular weight is 557 g/mol. The molecule has 1 aliphatic heterocycles. The highest BCUT2D eigenvalue weighted by atomic mass is 19.3. The molecule has 0 unspecified atom stereocenters. The number of nitrogens with zero attached hydrogens (tertiary/aromatic N) is 6. The van der Waals surface area contributed by atoms with Crippen molar-refractivity contribution in [1.29, 1.82) is 0 Å². The molecule has 5 aromatic heterocycles. The number of aromatic nitrogens is 7. The molecule has 0 bridgehead atoms. The molecule has 1 saturated heterocycles. The summed E-state index contributed by atoms with van der Waals surface area (Å²) in [7, 11) is 1.48. The zero-order valence-corrected chi connectivity index (χ0v) is 21.8. The first kappa shape index (κ1) is 25.1. The Morgan fingerprint density at radius 2 is 1.93 bits per heavy atom. The molecule has 0 amide bonds. The lowest BCUT2D eigenvalue weighted by Gasteiger charge is -2.15. The van der Waals surface area contributed by atoms with Gasteiger partial charge in [-0.1, -0.05) is 0 Å². The maximum Gasteiger partial charge on any atom is 0.261 e. The van der Waals surface area contributed by atoms with Gasteiger partial charge in [0.25, 0.3) is 5.92 Å².